The monoisotopic (exact) mass is 392 g/mol. The van der Waals surface area contributed by atoms with E-state index in [1.807, 2.05) is 13.2 Å². The fraction of sp³-hybridized carbons (Fsp3) is 0.478. The first-order valence-corrected chi connectivity index (χ1v) is 10.6. The molecule has 1 saturated heterocycles. The Hall–Kier alpha value is -2.60. The summed E-state index contributed by atoms with van der Waals surface area (Å²) in [6, 6.07) is 15.1. The highest BCUT2D eigenvalue weighted by molar-refractivity contribution is 5.79. The maximum atomic E-state index is 4.58. The smallest absolute Gasteiger partial charge is 0.191 e. The van der Waals surface area contributed by atoms with Gasteiger partial charge < -0.3 is 20.4 Å². The van der Waals surface area contributed by atoms with E-state index >= 15 is 0 Å². The predicted molar refractivity (Wildman–Crippen MR) is 120 cm³/mol. The van der Waals surface area contributed by atoms with Crippen LogP contribution in [0.25, 0.3) is 0 Å². The number of hydrogen-bond donors (Lipinski definition) is 2. The van der Waals surface area contributed by atoms with Gasteiger partial charge in [0.05, 0.1) is 0 Å². The Balaban J connectivity index is 1.31. The third-order valence-electron chi connectivity index (χ3n) is 6.15. The first kappa shape index (κ1) is 19.7. The quantitative estimate of drug-likeness (QED) is 0.583. The molecule has 6 nitrogen and oxygen atoms in total. The van der Waals surface area contributed by atoms with Crippen molar-refractivity contribution in [3.8, 4) is 0 Å². The number of nitrogens with one attached hydrogen (secondary N) is 2. The summed E-state index contributed by atoms with van der Waals surface area (Å²) in [4.78, 5) is 13.7. The number of anilines is 1. The second-order valence-electron chi connectivity index (χ2n) is 8.24. The summed E-state index contributed by atoms with van der Waals surface area (Å²) in [5.41, 5.74) is 2.92. The zero-order valence-corrected chi connectivity index (χ0v) is 17.6. The van der Waals surface area contributed by atoms with E-state index in [0.717, 1.165) is 51.0 Å². The van der Waals surface area contributed by atoms with Gasteiger partial charge in [0.1, 0.15) is 5.82 Å². The summed E-state index contributed by atoms with van der Waals surface area (Å²) >= 11 is 0. The lowest BCUT2D eigenvalue weighted by Gasteiger charge is -2.33. The van der Waals surface area contributed by atoms with E-state index in [0.29, 0.717) is 0 Å². The molecular weight excluding hydrogens is 360 g/mol. The minimum absolute atomic E-state index is 0.268. The highest BCUT2D eigenvalue weighted by Crippen LogP contribution is 2.47. The summed E-state index contributed by atoms with van der Waals surface area (Å²) in [6.07, 6.45) is 4.38. The van der Waals surface area contributed by atoms with Crippen LogP contribution in [0, 0.1) is 0 Å². The normalized spacial score (nSPS) is 19.1. The molecule has 2 fully saturated rings. The maximum absolute atomic E-state index is 4.58. The second-order valence-corrected chi connectivity index (χ2v) is 8.24. The third kappa shape index (κ3) is 4.88. The van der Waals surface area contributed by atoms with Gasteiger partial charge >= 0.3 is 0 Å². The summed E-state index contributed by atoms with van der Waals surface area (Å²) in [7, 11) is 4.01. The molecule has 2 heterocycles. The molecule has 6 heteroatoms. The summed E-state index contributed by atoms with van der Waals surface area (Å²) in [5, 5.41) is 6.99. The zero-order valence-electron chi connectivity index (χ0n) is 17.6. The average molecular weight is 393 g/mol. The van der Waals surface area contributed by atoms with Gasteiger partial charge in [0.15, 0.2) is 5.96 Å². The molecule has 1 saturated carbocycles. The SMILES string of the molecule is CN=C(NCc1ccnc(N2CCN(C)CC2)c1)NCC1(c2ccccc2)CC1. The molecule has 1 aromatic carbocycles. The number of guanidine groups is 1. The van der Waals surface area contributed by atoms with Gasteiger partial charge in [-0.2, -0.15) is 0 Å². The average Bonchev–Trinajstić information content (AvgIpc) is 3.56. The molecule has 0 amide bonds. The Morgan fingerprint density at radius 1 is 1.07 bits per heavy atom. The molecular formula is C23H32N6. The van der Waals surface area contributed by atoms with Gasteiger partial charge in [-0.3, -0.25) is 4.99 Å². The number of benzene rings is 1. The van der Waals surface area contributed by atoms with Gasteiger partial charge in [-0.05, 0) is 43.1 Å². The molecule has 0 spiro atoms. The Morgan fingerprint density at radius 2 is 1.83 bits per heavy atom. The van der Waals surface area contributed by atoms with Crippen molar-refractivity contribution >= 4 is 11.8 Å². The molecule has 0 atom stereocenters. The number of rotatable bonds is 6. The first-order chi connectivity index (χ1) is 14.2. The zero-order chi connectivity index (χ0) is 20.1. The van der Waals surface area contributed by atoms with Crippen LogP contribution >= 0.6 is 0 Å². The van der Waals surface area contributed by atoms with Gasteiger partial charge in [-0.25, -0.2) is 4.98 Å². The van der Waals surface area contributed by atoms with Crippen LogP contribution in [0.15, 0.2) is 53.7 Å². The minimum Gasteiger partial charge on any atom is -0.356 e. The van der Waals surface area contributed by atoms with Crippen molar-refractivity contribution in [3.63, 3.8) is 0 Å². The standard InChI is InChI=1S/C23H32N6/c1-24-22(27-18-23(9-10-23)20-6-4-3-5-7-20)26-17-19-8-11-25-21(16-19)29-14-12-28(2)13-15-29/h3-8,11,16H,9-10,12-15,17-18H2,1-2H3,(H2,24,26,27). The van der Waals surface area contributed by atoms with Crippen LogP contribution in [0.1, 0.15) is 24.0 Å². The van der Waals surface area contributed by atoms with Crippen LogP contribution in [0.4, 0.5) is 5.82 Å². The van der Waals surface area contributed by atoms with Crippen LogP contribution in [0.5, 0.6) is 0 Å². The fourth-order valence-corrected chi connectivity index (χ4v) is 3.95. The number of pyridine rings is 1. The van der Waals surface area contributed by atoms with Gasteiger partial charge in [0, 0.05) is 57.9 Å². The number of piperazine rings is 1. The summed E-state index contributed by atoms with van der Waals surface area (Å²) < 4.78 is 0. The van der Waals surface area contributed by atoms with Crippen molar-refractivity contribution < 1.29 is 0 Å². The first-order valence-electron chi connectivity index (χ1n) is 10.6. The van der Waals surface area contributed by atoms with Crippen molar-refractivity contribution in [2.45, 2.75) is 24.8 Å². The van der Waals surface area contributed by atoms with Crippen molar-refractivity contribution in [2.24, 2.45) is 4.99 Å². The summed E-state index contributed by atoms with van der Waals surface area (Å²) in [6.45, 7) is 5.89. The summed E-state index contributed by atoms with van der Waals surface area (Å²) in [5.74, 6) is 1.92. The van der Waals surface area contributed by atoms with Crippen LogP contribution in [0.3, 0.4) is 0 Å². The fourth-order valence-electron chi connectivity index (χ4n) is 3.95. The molecule has 2 aliphatic rings. The number of aliphatic imine (C=N–C) groups is 1. The molecule has 0 radical (unpaired) electrons. The lowest BCUT2D eigenvalue weighted by atomic mass is 9.96. The van der Waals surface area contributed by atoms with Gasteiger partial charge in [-0.15, -0.1) is 0 Å². The van der Waals surface area contributed by atoms with E-state index < -0.39 is 0 Å². The number of aromatic nitrogens is 1. The van der Waals surface area contributed by atoms with E-state index in [9.17, 15) is 0 Å². The van der Waals surface area contributed by atoms with Crippen molar-refractivity contribution in [2.75, 3.05) is 51.7 Å². The van der Waals surface area contributed by atoms with E-state index in [2.05, 4.69) is 79.9 Å². The van der Waals surface area contributed by atoms with E-state index in [1.54, 1.807) is 0 Å². The largest absolute Gasteiger partial charge is 0.356 e. The predicted octanol–water partition coefficient (Wildman–Crippen LogP) is 2.23. The van der Waals surface area contributed by atoms with Crippen LogP contribution in [-0.2, 0) is 12.0 Å². The Morgan fingerprint density at radius 3 is 2.52 bits per heavy atom. The second kappa shape index (κ2) is 8.82. The molecule has 29 heavy (non-hydrogen) atoms. The van der Waals surface area contributed by atoms with Gasteiger partial charge in [0.2, 0.25) is 0 Å². The third-order valence-corrected chi connectivity index (χ3v) is 6.15. The van der Waals surface area contributed by atoms with Crippen LogP contribution in [-0.4, -0.2) is 62.7 Å². The molecule has 1 aliphatic heterocycles. The maximum Gasteiger partial charge on any atom is 0.191 e. The molecule has 2 N–H and O–H groups in total. The molecule has 4 rings (SSSR count). The Labute approximate surface area is 174 Å². The highest BCUT2D eigenvalue weighted by atomic mass is 15.3. The number of hydrogen-bond acceptors (Lipinski definition) is 4. The Kier molecular flexibility index (Phi) is 6.00. The molecule has 0 bridgehead atoms. The van der Waals surface area contributed by atoms with Crippen LogP contribution < -0.4 is 15.5 Å². The van der Waals surface area contributed by atoms with Crippen molar-refractivity contribution in [1.29, 1.82) is 0 Å². The number of nitrogens with zero attached hydrogens (tertiary/aromatic N) is 4. The molecule has 2 aromatic rings. The van der Waals surface area contributed by atoms with E-state index in [4.69, 9.17) is 0 Å². The molecule has 154 valence electrons. The molecule has 0 unspecified atom stereocenters. The minimum atomic E-state index is 0.268. The molecule has 1 aliphatic carbocycles. The van der Waals surface area contributed by atoms with Crippen molar-refractivity contribution in [3.05, 3.63) is 59.8 Å². The molecule has 1 aromatic heterocycles. The van der Waals surface area contributed by atoms with Crippen molar-refractivity contribution in [1.82, 2.24) is 20.5 Å². The van der Waals surface area contributed by atoms with Crippen LogP contribution in [0.2, 0.25) is 0 Å². The van der Waals surface area contributed by atoms with Gasteiger partial charge in [0.25, 0.3) is 0 Å². The lowest BCUT2D eigenvalue weighted by Crippen LogP contribution is -2.44. The van der Waals surface area contributed by atoms with E-state index in [-0.39, 0.29) is 5.41 Å². The Bertz CT molecular complexity index is 822. The van der Waals surface area contributed by atoms with E-state index in [1.165, 1.54) is 24.0 Å². The van der Waals surface area contributed by atoms with Gasteiger partial charge in [-0.1, -0.05) is 30.3 Å². The number of likely N-dealkylation sites (N-methyl/N-ethyl adjacent to an activating group) is 1. The topological polar surface area (TPSA) is 55.8 Å². The highest BCUT2D eigenvalue weighted by Gasteiger charge is 2.43. The lowest BCUT2D eigenvalue weighted by molar-refractivity contribution is 0.312.